The number of benzene rings is 2. The number of hydrogen-bond donors (Lipinski definition) is 2. The van der Waals surface area contributed by atoms with Gasteiger partial charge in [-0.15, -0.1) is 0 Å². The minimum absolute atomic E-state index is 0.0303. The highest BCUT2D eigenvalue weighted by Gasteiger charge is 2.28. The summed E-state index contributed by atoms with van der Waals surface area (Å²) in [7, 11) is 1.22. The van der Waals surface area contributed by atoms with E-state index in [2.05, 4.69) is 20.4 Å². The molecule has 3 heterocycles. The van der Waals surface area contributed by atoms with Crippen LogP contribution in [0.5, 0.6) is 0 Å². The third-order valence-electron chi connectivity index (χ3n) is 7.04. The fourth-order valence-corrected chi connectivity index (χ4v) is 5.16. The molecule has 4 aromatic rings. The summed E-state index contributed by atoms with van der Waals surface area (Å²) in [5.41, 5.74) is 1.32. The maximum absolute atomic E-state index is 15.4. The van der Waals surface area contributed by atoms with Crippen molar-refractivity contribution in [1.82, 2.24) is 4.98 Å². The lowest BCUT2D eigenvalue weighted by atomic mass is 9.88. The van der Waals surface area contributed by atoms with Gasteiger partial charge in [-0.3, -0.25) is 15.1 Å². The number of hydrogen-bond acceptors (Lipinski definition) is 5. The summed E-state index contributed by atoms with van der Waals surface area (Å²) in [6.07, 6.45) is 2.73. The molecule has 5 rings (SSSR count). The first-order valence-corrected chi connectivity index (χ1v) is 13.4. The standard InChI is InChI=1S/C30H24ClF3N4O4/c1-42-30(40)36-17-7-8-19-24-13-20(23(33)14-35-24)18(4-2-3-5-27(39)37-25(19)12-17)26-11-6-16(15-38(26)41)28-22(32)10-9-21(31)29(28)34/h6-15,18H,2-5H2,1H3,(H,36,40)(H,37,39)/t18-/m0/s1. The zero-order valence-corrected chi connectivity index (χ0v) is 23.0. The van der Waals surface area contributed by atoms with Crippen molar-refractivity contribution in [3.05, 3.63) is 99.9 Å². The van der Waals surface area contributed by atoms with Gasteiger partial charge in [0.2, 0.25) is 5.91 Å². The number of ether oxygens (including phenoxy) is 1. The van der Waals surface area contributed by atoms with E-state index in [1.807, 2.05) is 0 Å². The quantitative estimate of drug-likeness (QED) is 0.151. The second kappa shape index (κ2) is 12.1. The molecule has 0 fully saturated rings. The van der Waals surface area contributed by atoms with Gasteiger partial charge in [-0.1, -0.05) is 18.0 Å². The molecule has 0 radical (unpaired) electrons. The molecule has 2 amide bonds. The Kier molecular flexibility index (Phi) is 8.30. The number of halogens is 4. The summed E-state index contributed by atoms with van der Waals surface area (Å²) < 4.78 is 49.6. The van der Waals surface area contributed by atoms with Gasteiger partial charge in [-0.05, 0) is 55.3 Å². The van der Waals surface area contributed by atoms with E-state index in [-0.39, 0.29) is 34.2 Å². The maximum atomic E-state index is 15.4. The first-order chi connectivity index (χ1) is 20.2. The Balaban J connectivity index is 1.60. The van der Waals surface area contributed by atoms with Gasteiger partial charge in [0.15, 0.2) is 17.7 Å². The van der Waals surface area contributed by atoms with Crippen LogP contribution in [-0.4, -0.2) is 24.1 Å². The van der Waals surface area contributed by atoms with Gasteiger partial charge in [0.25, 0.3) is 0 Å². The van der Waals surface area contributed by atoms with Gasteiger partial charge in [0, 0.05) is 29.3 Å². The normalized spacial score (nSPS) is 15.1. The van der Waals surface area contributed by atoms with Crippen LogP contribution in [0, 0.1) is 22.7 Å². The molecule has 2 aromatic heterocycles. The molecule has 42 heavy (non-hydrogen) atoms. The highest BCUT2D eigenvalue weighted by atomic mass is 35.5. The number of nitrogens with zero attached hydrogens (tertiary/aromatic N) is 2. The van der Waals surface area contributed by atoms with E-state index < -0.39 is 35.0 Å². The molecule has 1 aliphatic rings. The molecule has 1 aliphatic heterocycles. The topological polar surface area (TPSA) is 107 Å². The zero-order chi connectivity index (χ0) is 30.0. The van der Waals surface area contributed by atoms with Crippen LogP contribution < -0.4 is 15.4 Å². The molecule has 8 nitrogen and oxygen atoms in total. The lowest BCUT2D eigenvalue weighted by molar-refractivity contribution is -0.614. The molecular weight excluding hydrogens is 573 g/mol. The van der Waals surface area contributed by atoms with Crippen molar-refractivity contribution in [3.8, 4) is 22.4 Å². The van der Waals surface area contributed by atoms with Crippen LogP contribution in [0.15, 0.2) is 60.9 Å². The van der Waals surface area contributed by atoms with Gasteiger partial charge in [0.05, 0.1) is 46.8 Å². The van der Waals surface area contributed by atoms with E-state index in [1.54, 1.807) is 12.1 Å². The van der Waals surface area contributed by atoms with Crippen LogP contribution in [0.2, 0.25) is 5.02 Å². The van der Waals surface area contributed by atoms with E-state index in [9.17, 15) is 23.6 Å². The van der Waals surface area contributed by atoms with E-state index >= 15 is 4.39 Å². The minimum Gasteiger partial charge on any atom is -0.618 e. The molecule has 0 saturated heterocycles. The first-order valence-electron chi connectivity index (χ1n) is 13.0. The number of pyridine rings is 2. The Hall–Kier alpha value is -4.64. The molecular formula is C30H24ClF3N4O4. The van der Waals surface area contributed by atoms with Crippen LogP contribution in [0.4, 0.5) is 29.3 Å². The van der Waals surface area contributed by atoms with Crippen LogP contribution in [0.1, 0.15) is 42.9 Å². The van der Waals surface area contributed by atoms with Crippen LogP contribution in [0.25, 0.3) is 22.4 Å². The summed E-state index contributed by atoms with van der Waals surface area (Å²) in [6, 6.07) is 11.1. The highest BCUT2D eigenvalue weighted by Crippen LogP contribution is 2.37. The monoisotopic (exact) mass is 596 g/mol. The van der Waals surface area contributed by atoms with Gasteiger partial charge >= 0.3 is 6.09 Å². The Labute approximate surface area is 243 Å². The number of rotatable bonds is 3. The number of anilines is 2. The van der Waals surface area contributed by atoms with E-state index in [4.69, 9.17) is 11.6 Å². The van der Waals surface area contributed by atoms with Gasteiger partial charge in [0.1, 0.15) is 11.6 Å². The average Bonchev–Trinajstić information content (AvgIpc) is 2.96. The molecule has 0 unspecified atom stereocenters. The Bertz CT molecular complexity index is 1700. The Morgan fingerprint density at radius 3 is 2.69 bits per heavy atom. The SMILES string of the molecule is COC(=O)Nc1ccc2c(c1)NC(=O)CCCC[C@H](c1ccc(-c3c(F)ccc(Cl)c3F)c[n+]1[O-])c1cc-2ncc1F. The van der Waals surface area contributed by atoms with Crippen molar-refractivity contribution in [2.75, 3.05) is 17.7 Å². The van der Waals surface area contributed by atoms with E-state index in [0.717, 1.165) is 24.5 Å². The largest absolute Gasteiger partial charge is 0.618 e. The summed E-state index contributed by atoms with van der Waals surface area (Å²) >= 11 is 5.83. The molecule has 216 valence electrons. The molecule has 0 saturated carbocycles. The van der Waals surface area contributed by atoms with Crippen LogP contribution in [-0.2, 0) is 9.53 Å². The lowest BCUT2D eigenvalue weighted by Crippen LogP contribution is -2.34. The number of carbonyl (C=O) groups is 2. The fraction of sp³-hybridized carbons (Fsp3) is 0.200. The molecule has 12 heteroatoms. The summed E-state index contributed by atoms with van der Waals surface area (Å²) in [6.45, 7) is 0. The Morgan fingerprint density at radius 1 is 1.12 bits per heavy atom. The summed E-state index contributed by atoms with van der Waals surface area (Å²) in [5.74, 6) is -3.57. The smallest absolute Gasteiger partial charge is 0.411 e. The van der Waals surface area contributed by atoms with Crippen molar-refractivity contribution in [2.24, 2.45) is 0 Å². The second-order valence-electron chi connectivity index (χ2n) is 9.70. The van der Waals surface area contributed by atoms with Gasteiger partial charge < -0.3 is 15.3 Å². The number of amides is 2. The number of aromatic nitrogens is 2. The van der Waals surface area contributed by atoms with Crippen molar-refractivity contribution >= 4 is 35.0 Å². The van der Waals surface area contributed by atoms with Crippen molar-refractivity contribution < 1.29 is 32.2 Å². The second-order valence-corrected chi connectivity index (χ2v) is 10.1. The number of fused-ring (bicyclic) bond motifs is 4. The third-order valence-corrected chi connectivity index (χ3v) is 7.33. The summed E-state index contributed by atoms with van der Waals surface area (Å²) in [4.78, 5) is 28.7. The average molecular weight is 597 g/mol. The fourth-order valence-electron chi connectivity index (χ4n) is 5.00. The Morgan fingerprint density at radius 2 is 1.93 bits per heavy atom. The molecule has 2 aromatic carbocycles. The minimum atomic E-state index is -0.998. The number of carbonyl (C=O) groups excluding carboxylic acids is 2. The third kappa shape index (κ3) is 5.87. The van der Waals surface area contributed by atoms with Gasteiger partial charge in [-0.25, -0.2) is 18.0 Å². The molecule has 2 N–H and O–H groups in total. The first kappa shape index (κ1) is 28.9. The zero-order valence-electron chi connectivity index (χ0n) is 22.2. The lowest BCUT2D eigenvalue weighted by Gasteiger charge is -2.20. The maximum Gasteiger partial charge on any atom is 0.411 e. The molecule has 2 bridgehead atoms. The van der Waals surface area contributed by atoms with Crippen molar-refractivity contribution in [2.45, 2.75) is 31.6 Å². The van der Waals surface area contributed by atoms with Crippen LogP contribution in [0.3, 0.4) is 0 Å². The van der Waals surface area contributed by atoms with E-state index in [0.29, 0.717) is 46.6 Å². The molecule has 0 spiro atoms. The highest BCUT2D eigenvalue weighted by molar-refractivity contribution is 6.31. The summed E-state index contributed by atoms with van der Waals surface area (Å²) in [5, 5.41) is 18.4. The molecule has 0 aliphatic carbocycles. The predicted octanol–water partition coefficient (Wildman–Crippen LogP) is 6.94. The van der Waals surface area contributed by atoms with Crippen molar-refractivity contribution in [3.63, 3.8) is 0 Å². The van der Waals surface area contributed by atoms with Gasteiger partial charge in [-0.2, -0.15) is 4.73 Å². The predicted molar refractivity (Wildman–Crippen MR) is 150 cm³/mol. The van der Waals surface area contributed by atoms with Crippen molar-refractivity contribution in [1.29, 1.82) is 0 Å². The number of methoxy groups -OCH3 is 1. The molecule has 1 atom stereocenters. The number of nitrogens with one attached hydrogen (secondary N) is 2. The van der Waals surface area contributed by atoms with E-state index in [1.165, 1.54) is 31.4 Å². The van der Waals surface area contributed by atoms with Crippen LogP contribution >= 0.6 is 11.6 Å².